The third-order valence-corrected chi connectivity index (χ3v) is 1.69. The Morgan fingerprint density at radius 2 is 2.21 bits per heavy atom. The molecule has 5 heteroatoms. The number of nitrogens with two attached hydrogens (primary N) is 1. The van der Waals surface area contributed by atoms with Gasteiger partial charge in [0.25, 0.3) is 0 Å². The summed E-state index contributed by atoms with van der Waals surface area (Å²) in [7, 11) is 1.27. The van der Waals surface area contributed by atoms with E-state index in [4.69, 9.17) is 5.73 Å². The van der Waals surface area contributed by atoms with Crippen LogP contribution in [0.15, 0.2) is 18.2 Å². The minimum absolute atomic E-state index is 0. The number of methoxy groups -OCH3 is 1. The van der Waals surface area contributed by atoms with E-state index in [2.05, 4.69) is 4.74 Å². The lowest BCUT2D eigenvalue weighted by Gasteiger charge is -2.04. The van der Waals surface area contributed by atoms with Crippen molar-refractivity contribution in [2.45, 2.75) is 6.54 Å². The fourth-order valence-electron chi connectivity index (χ4n) is 1.04. The highest BCUT2D eigenvalue weighted by molar-refractivity contribution is 5.90. The molecule has 0 amide bonds. The van der Waals surface area contributed by atoms with E-state index in [1.165, 1.54) is 25.3 Å². The first-order valence-corrected chi connectivity index (χ1v) is 3.76. The largest absolute Gasteiger partial charge is 0.465 e. The van der Waals surface area contributed by atoms with Gasteiger partial charge >= 0.3 is 5.97 Å². The van der Waals surface area contributed by atoms with Gasteiger partial charge in [-0.2, -0.15) is 0 Å². The van der Waals surface area contributed by atoms with Gasteiger partial charge in [-0.05, 0) is 23.8 Å². The first-order valence-electron chi connectivity index (χ1n) is 3.76. The Balaban J connectivity index is 0.00000169. The molecule has 0 bridgehead atoms. The van der Waals surface area contributed by atoms with Gasteiger partial charge in [0, 0.05) is 6.54 Å². The first kappa shape index (κ1) is 12.9. The normalized spacial score (nSPS) is 9.07. The molecule has 1 aromatic rings. The van der Waals surface area contributed by atoms with E-state index in [1.54, 1.807) is 0 Å². The Hall–Kier alpha value is -1.13. The fraction of sp³-hybridized carbons (Fsp3) is 0.222. The molecule has 0 aliphatic heterocycles. The van der Waals surface area contributed by atoms with Crippen molar-refractivity contribution in [2.24, 2.45) is 5.73 Å². The van der Waals surface area contributed by atoms with Gasteiger partial charge in [-0.3, -0.25) is 0 Å². The van der Waals surface area contributed by atoms with Crippen LogP contribution in [0.3, 0.4) is 0 Å². The Morgan fingerprint density at radius 3 is 2.71 bits per heavy atom. The molecule has 0 unspecified atom stereocenters. The molecule has 0 spiro atoms. The summed E-state index contributed by atoms with van der Waals surface area (Å²) in [6, 6.07) is 3.79. The van der Waals surface area contributed by atoms with E-state index in [-0.39, 0.29) is 19.0 Å². The molecule has 1 aromatic carbocycles. The third-order valence-electron chi connectivity index (χ3n) is 1.69. The minimum Gasteiger partial charge on any atom is -0.465 e. The van der Waals surface area contributed by atoms with Gasteiger partial charge < -0.3 is 10.5 Å². The topological polar surface area (TPSA) is 52.3 Å². The van der Waals surface area contributed by atoms with E-state index in [0.717, 1.165) is 0 Å². The van der Waals surface area contributed by atoms with Crippen molar-refractivity contribution in [1.82, 2.24) is 0 Å². The maximum Gasteiger partial charge on any atom is 0.338 e. The Kier molecular flexibility index (Phi) is 5.12. The van der Waals surface area contributed by atoms with Crippen LogP contribution in [-0.4, -0.2) is 13.1 Å². The SMILES string of the molecule is COC(=O)c1ccc(F)cc1CN.Cl. The van der Waals surface area contributed by atoms with Crippen LogP contribution in [0.25, 0.3) is 0 Å². The van der Waals surface area contributed by atoms with Crippen LogP contribution < -0.4 is 5.73 Å². The molecule has 0 aliphatic rings. The molecule has 2 N–H and O–H groups in total. The van der Waals surface area contributed by atoms with Crippen molar-refractivity contribution in [3.05, 3.63) is 35.1 Å². The summed E-state index contributed by atoms with van der Waals surface area (Å²) in [6.07, 6.45) is 0. The molecule has 1 rings (SSSR count). The number of hydrogen-bond acceptors (Lipinski definition) is 3. The maximum atomic E-state index is 12.7. The summed E-state index contributed by atoms with van der Waals surface area (Å²) < 4.78 is 17.2. The Bertz CT molecular complexity index is 331. The van der Waals surface area contributed by atoms with Gasteiger partial charge in [-0.1, -0.05) is 0 Å². The molecule has 3 nitrogen and oxygen atoms in total. The molecule has 14 heavy (non-hydrogen) atoms. The van der Waals surface area contributed by atoms with Crippen molar-refractivity contribution in [3.63, 3.8) is 0 Å². The number of esters is 1. The molecule has 0 fully saturated rings. The van der Waals surface area contributed by atoms with Gasteiger partial charge in [0.1, 0.15) is 5.82 Å². The molecule has 0 aromatic heterocycles. The molecule has 0 atom stereocenters. The summed E-state index contributed by atoms with van der Waals surface area (Å²) >= 11 is 0. The van der Waals surface area contributed by atoms with E-state index in [0.29, 0.717) is 11.1 Å². The van der Waals surface area contributed by atoms with Crippen molar-refractivity contribution in [1.29, 1.82) is 0 Å². The predicted molar refractivity (Wildman–Crippen MR) is 52.9 cm³/mol. The second kappa shape index (κ2) is 5.57. The highest BCUT2D eigenvalue weighted by atomic mass is 35.5. The molecule has 0 radical (unpaired) electrons. The molecule has 0 aliphatic carbocycles. The van der Waals surface area contributed by atoms with Crippen LogP contribution in [0.2, 0.25) is 0 Å². The lowest BCUT2D eigenvalue weighted by atomic mass is 10.1. The Morgan fingerprint density at radius 1 is 1.57 bits per heavy atom. The second-order valence-corrected chi connectivity index (χ2v) is 2.50. The highest BCUT2D eigenvalue weighted by Gasteiger charge is 2.10. The molecule has 0 saturated carbocycles. The number of hydrogen-bond donors (Lipinski definition) is 1. The van der Waals surface area contributed by atoms with E-state index >= 15 is 0 Å². The van der Waals surface area contributed by atoms with Crippen LogP contribution in [0.5, 0.6) is 0 Å². The van der Waals surface area contributed by atoms with E-state index in [1.807, 2.05) is 0 Å². The fourth-order valence-corrected chi connectivity index (χ4v) is 1.04. The standard InChI is InChI=1S/C9H10FNO2.ClH/c1-13-9(12)8-3-2-7(10)4-6(8)5-11;/h2-4H,5,11H2,1H3;1H. The van der Waals surface area contributed by atoms with Gasteiger partial charge in [-0.15, -0.1) is 12.4 Å². The zero-order valence-electron chi connectivity index (χ0n) is 7.62. The first-order chi connectivity index (χ1) is 6.19. The van der Waals surface area contributed by atoms with E-state index in [9.17, 15) is 9.18 Å². The average molecular weight is 220 g/mol. The molecule has 0 heterocycles. The van der Waals surface area contributed by atoms with Gasteiger partial charge in [0.05, 0.1) is 12.7 Å². The number of carbonyl (C=O) groups is 1. The lowest BCUT2D eigenvalue weighted by Crippen LogP contribution is -2.09. The van der Waals surface area contributed by atoms with Crippen LogP contribution in [0, 0.1) is 5.82 Å². The van der Waals surface area contributed by atoms with Crippen LogP contribution in [0.1, 0.15) is 15.9 Å². The number of ether oxygens (including phenoxy) is 1. The summed E-state index contributed by atoms with van der Waals surface area (Å²) in [4.78, 5) is 11.1. The summed E-state index contributed by atoms with van der Waals surface area (Å²) in [5.41, 5.74) is 6.10. The summed E-state index contributed by atoms with van der Waals surface area (Å²) in [6.45, 7) is 0.113. The monoisotopic (exact) mass is 219 g/mol. The number of benzene rings is 1. The quantitative estimate of drug-likeness (QED) is 0.767. The van der Waals surface area contributed by atoms with Crippen LogP contribution >= 0.6 is 12.4 Å². The predicted octanol–water partition coefficient (Wildman–Crippen LogP) is 1.49. The van der Waals surface area contributed by atoms with Crippen molar-refractivity contribution >= 4 is 18.4 Å². The minimum atomic E-state index is -0.500. The van der Waals surface area contributed by atoms with Gasteiger partial charge in [0.15, 0.2) is 0 Å². The zero-order chi connectivity index (χ0) is 9.84. The number of halogens is 2. The zero-order valence-corrected chi connectivity index (χ0v) is 8.44. The molecular formula is C9H11ClFNO2. The second-order valence-electron chi connectivity index (χ2n) is 2.50. The van der Waals surface area contributed by atoms with Crippen molar-refractivity contribution in [2.75, 3.05) is 7.11 Å². The van der Waals surface area contributed by atoms with Crippen LogP contribution in [-0.2, 0) is 11.3 Å². The summed E-state index contributed by atoms with van der Waals surface area (Å²) in [5, 5.41) is 0. The lowest BCUT2D eigenvalue weighted by molar-refractivity contribution is 0.0599. The summed E-state index contributed by atoms with van der Waals surface area (Å²) in [5.74, 6) is -0.909. The maximum absolute atomic E-state index is 12.7. The van der Waals surface area contributed by atoms with Crippen molar-refractivity contribution < 1.29 is 13.9 Å². The molecule has 0 saturated heterocycles. The van der Waals surface area contributed by atoms with Crippen LogP contribution in [0.4, 0.5) is 4.39 Å². The number of rotatable bonds is 2. The molecule has 78 valence electrons. The van der Waals surface area contributed by atoms with E-state index < -0.39 is 11.8 Å². The van der Waals surface area contributed by atoms with Crippen molar-refractivity contribution in [3.8, 4) is 0 Å². The molecular weight excluding hydrogens is 209 g/mol. The number of carbonyl (C=O) groups excluding carboxylic acids is 1. The van der Waals surface area contributed by atoms with Gasteiger partial charge in [-0.25, -0.2) is 9.18 Å². The van der Waals surface area contributed by atoms with Gasteiger partial charge in [0.2, 0.25) is 0 Å². The smallest absolute Gasteiger partial charge is 0.338 e. The Labute approximate surface area is 87.5 Å². The third kappa shape index (κ3) is 2.68. The highest BCUT2D eigenvalue weighted by Crippen LogP contribution is 2.11. The average Bonchev–Trinajstić information content (AvgIpc) is 2.16.